The molecule has 2 aromatic heterocycles. The molecular weight excluding hydrogens is 609 g/mol. The summed E-state index contributed by atoms with van der Waals surface area (Å²) >= 11 is 0. The number of hydrogen-bond donors (Lipinski definition) is 0. The van der Waals surface area contributed by atoms with Crippen molar-refractivity contribution >= 4 is 21.9 Å². The Bertz CT molecular complexity index is 2580. The molecule has 3 nitrogen and oxygen atoms in total. The van der Waals surface area contributed by atoms with E-state index in [1.165, 1.54) is 22.3 Å². The summed E-state index contributed by atoms with van der Waals surface area (Å²) in [5.41, 5.74) is 12.9. The topological polar surface area (TPSA) is 38.9 Å². The zero-order valence-electron chi connectivity index (χ0n) is 27.1. The molecule has 0 N–H and O–H groups in total. The maximum Gasteiger partial charge on any atom is 0.161 e. The average molecular weight is 639 g/mol. The lowest BCUT2D eigenvalue weighted by Crippen LogP contribution is -2.28. The van der Waals surface area contributed by atoms with E-state index in [0.717, 1.165) is 61.1 Å². The molecule has 0 radical (unpaired) electrons. The lowest BCUT2D eigenvalue weighted by atomic mass is 9.67. The van der Waals surface area contributed by atoms with Gasteiger partial charge in [0.15, 0.2) is 5.82 Å². The van der Waals surface area contributed by atoms with Gasteiger partial charge in [0.25, 0.3) is 0 Å². The molecule has 3 heteroatoms. The molecule has 0 spiro atoms. The van der Waals surface area contributed by atoms with Crippen LogP contribution in [0.5, 0.6) is 0 Å². The van der Waals surface area contributed by atoms with Gasteiger partial charge in [-0.25, -0.2) is 9.97 Å². The molecule has 1 aliphatic rings. The quantitative estimate of drug-likeness (QED) is 0.188. The summed E-state index contributed by atoms with van der Waals surface area (Å²) in [6, 6.07) is 64.1. The molecule has 10 rings (SSSR count). The van der Waals surface area contributed by atoms with Gasteiger partial charge in [0, 0.05) is 33.0 Å². The molecule has 50 heavy (non-hydrogen) atoms. The number of hydrogen-bond acceptors (Lipinski definition) is 3. The van der Waals surface area contributed by atoms with E-state index in [-0.39, 0.29) is 0 Å². The number of furan rings is 1. The normalized spacial score (nSPS) is 13.0. The minimum atomic E-state index is -0.602. The molecule has 0 aliphatic heterocycles. The molecule has 234 valence electrons. The first-order valence-corrected chi connectivity index (χ1v) is 17.0. The smallest absolute Gasteiger partial charge is 0.161 e. The summed E-state index contributed by atoms with van der Waals surface area (Å²) in [5, 5.41) is 2.07. The Hall–Kier alpha value is -6.58. The highest BCUT2D eigenvalue weighted by atomic mass is 16.3. The third-order valence-corrected chi connectivity index (χ3v) is 10.2. The molecule has 0 saturated carbocycles. The van der Waals surface area contributed by atoms with Gasteiger partial charge in [0.05, 0.1) is 16.8 Å². The Morgan fingerprint density at radius 1 is 0.440 bits per heavy atom. The fraction of sp³-hybridized carbons (Fsp3) is 0.0213. The van der Waals surface area contributed by atoms with Gasteiger partial charge in [-0.2, -0.15) is 0 Å². The molecule has 0 saturated heterocycles. The van der Waals surface area contributed by atoms with Crippen LogP contribution in [-0.4, -0.2) is 9.97 Å². The Balaban J connectivity index is 1.38. The zero-order chi connectivity index (χ0) is 33.1. The molecule has 0 bridgehead atoms. The zero-order valence-corrected chi connectivity index (χ0v) is 27.1. The molecule has 1 aliphatic carbocycles. The van der Waals surface area contributed by atoms with Crippen LogP contribution in [0.2, 0.25) is 0 Å². The molecule has 0 fully saturated rings. The summed E-state index contributed by atoms with van der Waals surface area (Å²) in [7, 11) is 0. The van der Waals surface area contributed by atoms with E-state index in [0.29, 0.717) is 5.82 Å². The lowest BCUT2D eigenvalue weighted by Gasteiger charge is -2.34. The molecule has 9 aromatic rings. The van der Waals surface area contributed by atoms with Gasteiger partial charge >= 0.3 is 0 Å². The summed E-state index contributed by atoms with van der Waals surface area (Å²) < 4.78 is 6.95. The van der Waals surface area contributed by atoms with E-state index in [2.05, 4.69) is 164 Å². The van der Waals surface area contributed by atoms with E-state index < -0.39 is 5.41 Å². The second-order valence-corrected chi connectivity index (χ2v) is 12.9. The number of aromatic nitrogens is 2. The molecular formula is C47H30N2O. The SMILES string of the molecule is c1ccc(-c2cc(-c3ccccc3)nc(-c3cc4c(c5oc6ccccc6c35)-c3ccccc3C4(c3ccccc3)c3ccccc3)n2)cc1. The van der Waals surface area contributed by atoms with E-state index in [4.69, 9.17) is 14.4 Å². The van der Waals surface area contributed by atoms with E-state index >= 15 is 0 Å². The Morgan fingerprint density at radius 3 is 1.58 bits per heavy atom. The highest BCUT2D eigenvalue weighted by molar-refractivity contribution is 6.18. The Morgan fingerprint density at radius 2 is 0.960 bits per heavy atom. The van der Waals surface area contributed by atoms with Crippen molar-refractivity contribution in [2.45, 2.75) is 5.41 Å². The lowest BCUT2D eigenvalue weighted by molar-refractivity contribution is 0.669. The fourth-order valence-corrected chi connectivity index (χ4v) is 8.06. The fourth-order valence-electron chi connectivity index (χ4n) is 8.06. The molecule has 0 amide bonds. The van der Waals surface area contributed by atoms with Gasteiger partial charge in [-0.05, 0) is 46.0 Å². The first kappa shape index (κ1) is 28.4. The number of benzene rings is 7. The third-order valence-electron chi connectivity index (χ3n) is 10.2. The van der Waals surface area contributed by atoms with E-state index in [9.17, 15) is 0 Å². The Labute approximate surface area is 290 Å². The largest absolute Gasteiger partial charge is 0.455 e. The van der Waals surface area contributed by atoms with Crippen LogP contribution in [0.15, 0.2) is 186 Å². The first-order chi connectivity index (χ1) is 24.8. The maximum absolute atomic E-state index is 6.95. The van der Waals surface area contributed by atoms with Gasteiger partial charge in [0.1, 0.15) is 11.2 Å². The van der Waals surface area contributed by atoms with Crippen molar-refractivity contribution in [1.82, 2.24) is 9.97 Å². The van der Waals surface area contributed by atoms with E-state index in [1.807, 2.05) is 18.2 Å². The molecule has 0 atom stereocenters. The van der Waals surface area contributed by atoms with Crippen LogP contribution >= 0.6 is 0 Å². The second kappa shape index (κ2) is 11.3. The van der Waals surface area contributed by atoms with Crippen molar-refractivity contribution in [3.63, 3.8) is 0 Å². The van der Waals surface area contributed by atoms with Crippen LogP contribution in [0.1, 0.15) is 22.3 Å². The van der Waals surface area contributed by atoms with Crippen molar-refractivity contribution in [3.8, 4) is 45.0 Å². The predicted molar refractivity (Wildman–Crippen MR) is 203 cm³/mol. The van der Waals surface area contributed by atoms with E-state index in [1.54, 1.807) is 0 Å². The highest BCUT2D eigenvalue weighted by Gasteiger charge is 2.48. The molecule has 7 aromatic carbocycles. The summed E-state index contributed by atoms with van der Waals surface area (Å²) in [6.07, 6.45) is 0. The van der Waals surface area contributed by atoms with Gasteiger partial charge < -0.3 is 4.42 Å². The summed E-state index contributed by atoms with van der Waals surface area (Å²) in [4.78, 5) is 10.7. The van der Waals surface area contributed by atoms with Crippen molar-refractivity contribution in [2.75, 3.05) is 0 Å². The van der Waals surface area contributed by atoms with Crippen molar-refractivity contribution < 1.29 is 4.42 Å². The van der Waals surface area contributed by atoms with Gasteiger partial charge in [-0.15, -0.1) is 0 Å². The monoisotopic (exact) mass is 638 g/mol. The van der Waals surface area contributed by atoms with Gasteiger partial charge in [0.2, 0.25) is 0 Å². The van der Waals surface area contributed by atoms with Crippen LogP contribution in [0.25, 0.3) is 67.0 Å². The van der Waals surface area contributed by atoms with Crippen LogP contribution in [0.3, 0.4) is 0 Å². The summed E-state index contributed by atoms with van der Waals surface area (Å²) in [6.45, 7) is 0. The van der Waals surface area contributed by atoms with Crippen LogP contribution in [0.4, 0.5) is 0 Å². The van der Waals surface area contributed by atoms with Gasteiger partial charge in [-0.3, -0.25) is 0 Å². The predicted octanol–water partition coefficient (Wildman–Crippen LogP) is 11.7. The standard InChI is InChI=1S/C47H30N2O/c1-5-17-31(18-6-1)40-30-41(32-19-7-2-8-20-32)49-46(48-40)37-29-39-44(45-43(37)36-26-14-16-28-42(36)50-45)35-25-13-15-27-38(35)47(39,33-21-9-3-10-22-33)34-23-11-4-12-24-34/h1-30H. The van der Waals surface area contributed by atoms with Crippen LogP contribution in [0, 0.1) is 0 Å². The second-order valence-electron chi connectivity index (χ2n) is 12.9. The highest BCUT2D eigenvalue weighted by Crippen LogP contribution is 2.59. The molecule has 0 unspecified atom stereocenters. The average Bonchev–Trinajstić information content (AvgIpc) is 3.73. The van der Waals surface area contributed by atoms with Crippen molar-refractivity contribution in [3.05, 3.63) is 204 Å². The minimum absolute atomic E-state index is 0.602. The number of fused-ring (bicyclic) bond motifs is 7. The summed E-state index contributed by atoms with van der Waals surface area (Å²) in [5.74, 6) is 0.663. The first-order valence-electron chi connectivity index (χ1n) is 17.0. The van der Waals surface area contributed by atoms with Crippen molar-refractivity contribution in [1.29, 1.82) is 0 Å². The minimum Gasteiger partial charge on any atom is -0.455 e. The maximum atomic E-state index is 6.95. The third kappa shape index (κ3) is 4.17. The number of rotatable bonds is 5. The van der Waals surface area contributed by atoms with Crippen LogP contribution in [-0.2, 0) is 5.41 Å². The Kier molecular flexibility index (Phi) is 6.40. The number of nitrogens with zero attached hydrogens (tertiary/aromatic N) is 2. The molecule has 2 heterocycles. The number of para-hydroxylation sites is 1. The van der Waals surface area contributed by atoms with Crippen LogP contribution < -0.4 is 0 Å². The van der Waals surface area contributed by atoms with Gasteiger partial charge in [-0.1, -0.05) is 164 Å². The van der Waals surface area contributed by atoms with Crippen molar-refractivity contribution in [2.24, 2.45) is 0 Å².